The van der Waals surface area contributed by atoms with Crippen molar-refractivity contribution in [2.24, 2.45) is 0 Å². The standard InChI is InChI=1S/C9H17NO/c1-5-8(10(3)4)7-9(11)6-2/h7H,5-6H2,1-4H3/b8-7-. The molecule has 0 aromatic carbocycles. The smallest absolute Gasteiger partial charge is 0.157 e. The first-order valence-electron chi connectivity index (χ1n) is 4.02. The Hall–Kier alpha value is -0.790. The molecule has 11 heavy (non-hydrogen) atoms. The van der Waals surface area contributed by atoms with Crippen LogP contribution >= 0.6 is 0 Å². The first kappa shape index (κ1) is 10.2. The van der Waals surface area contributed by atoms with E-state index in [0.717, 1.165) is 12.1 Å². The number of carbonyl (C=O) groups excluding carboxylic acids is 1. The molecule has 0 aromatic heterocycles. The van der Waals surface area contributed by atoms with Crippen molar-refractivity contribution >= 4 is 5.78 Å². The molecule has 64 valence electrons. The van der Waals surface area contributed by atoms with E-state index in [2.05, 4.69) is 6.92 Å². The second-order valence-electron chi connectivity index (χ2n) is 2.70. The second-order valence-corrected chi connectivity index (χ2v) is 2.70. The van der Waals surface area contributed by atoms with Gasteiger partial charge in [0, 0.05) is 32.3 Å². The molecule has 2 nitrogen and oxygen atoms in total. The highest BCUT2D eigenvalue weighted by Crippen LogP contribution is 2.03. The number of rotatable bonds is 4. The van der Waals surface area contributed by atoms with Crippen LogP contribution in [0.1, 0.15) is 26.7 Å². The van der Waals surface area contributed by atoms with Crippen molar-refractivity contribution < 1.29 is 4.79 Å². The summed E-state index contributed by atoms with van der Waals surface area (Å²) < 4.78 is 0. The molecule has 0 fully saturated rings. The third-order valence-corrected chi connectivity index (χ3v) is 1.61. The molecular weight excluding hydrogens is 138 g/mol. The average Bonchev–Trinajstić information content (AvgIpc) is 1.99. The zero-order valence-corrected chi connectivity index (χ0v) is 7.85. The highest BCUT2D eigenvalue weighted by atomic mass is 16.1. The summed E-state index contributed by atoms with van der Waals surface area (Å²) in [6.45, 7) is 3.93. The number of hydrogen-bond donors (Lipinski definition) is 0. The molecular formula is C9H17NO. The van der Waals surface area contributed by atoms with E-state index in [1.54, 1.807) is 6.08 Å². The molecule has 0 saturated carbocycles. The zero-order valence-electron chi connectivity index (χ0n) is 7.85. The molecule has 0 spiro atoms. The largest absolute Gasteiger partial charge is 0.381 e. The lowest BCUT2D eigenvalue weighted by atomic mass is 10.2. The number of allylic oxidation sites excluding steroid dienone is 2. The Morgan fingerprint density at radius 3 is 2.09 bits per heavy atom. The SMILES string of the molecule is CCC(=O)/C=C(/CC)N(C)C. The lowest BCUT2D eigenvalue weighted by Gasteiger charge is -2.14. The van der Waals surface area contributed by atoms with Crippen LogP contribution in [0.2, 0.25) is 0 Å². The second kappa shape index (κ2) is 4.94. The fraction of sp³-hybridized carbons (Fsp3) is 0.667. The van der Waals surface area contributed by atoms with Crippen LogP contribution in [0.3, 0.4) is 0 Å². The summed E-state index contributed by atoms with van der Waals surface area (Å²) in [5, 5.41) is 0. The fourth-order valence-corrected chi connectivity index (χ4v) is 0.835. The maximum atomic E-state index is 11.0. The lowest BCUT2D eigenvalue weighted by Crippen LogP contribution is -2.11. The predicted octanol–water partition coefficient (Wildman–Crippen LogP) is 1.82. The van der Waals surface area contributed by atoms with Crippen molar-refractivity contribution in [3.8, 4) is 0 Å². The molecule has 2 heteroatoms. The first-order chi connectivity index (χ1) is 5.11. The van der Waals surface area contributed by atoms with Crippen LogP contribution in [0, 0.1) is 0 Å². The minimum absolute atomic E-state index is 0.204. The van der Waals surface area contributed by atoms with E-state index in [1.807, 2.05) is 25.9 Å². The summed E-state index contributed by atoms with van der Waals surface area (Å²) in [6, 6.07) is 0. The number of hydrogen-bond acceptors (Lipinski definition) is 2. The Morgan fingerprint density at radius 2 is 1.82 bits per heavy atom. The highest BCUT2D eigenvalue weighted by molar-refractivity contribution is 5.89. The third-order valence-electron chi connectivity index (χ3n) is 1.61. The Balaban J connectivity index is 4.23. The van der Waals surface area contributed by atoms with Crippen LogP contribution in [0.4, 0.5) is 0 Å². The molecule has 0 bridgehead atoms. The van der Waals surface area contributed by atoms with Crippen LogP contribution < -0.4 is 0 Å². The molecule has 0 aliphatic carbocycles. The summed E-state index contributed by atoms with van der Waals surface area (Å²) in [5.41, 5.74) is 1.09. The van der Waals surface area contributed by atoms with Crippen molar-refractivity contribution in [3.05, 3.63) is 11.8 Å². The molecule has 0 N–H and O–H groups in total. The molecule has 0 radical (unpaired) electrons. The van der Waals surface area contributed by atoms with Gasteiger partial charge < -0.3 is 4.90 Å². The Kier molecular flexibility index (Phi) is 4.59. The van der Waals surface area contributed by atoms with Crippen molar-refractivity contribution in [1.82, 2.24) is 4.90 Å². The van der Waals surface area contributed by atoms with Crippen LogP contribution in [-0.2, 0) is 4.79 Å². The van der Waals surface area contributed by atoms with Gasteiger partial charge in [0.05, 0.1) is 0 Å². The van der Waals surface area contributed by atoms with Gasteiger partial charge in [0.25, 0.3) is 0 Å². The monoisotopic (exact) mass is 155 g/mol. The topological polar surface area (TPSA) is 20.3 Å². The van der Waals surface area contributed by atoms with Crippen molar-refractivity contribution in [3.63, 3.8) is 0 Å². The van der Waals surface area contributed by atoms with Gasteiger partial charge in [-0.15, -0.1) is 0 Å². The number of carbonyl (C=O) groups is 1. The lowest BCUT2D eigenvalue weighted by molar-refractivity contribution is -0.114. The Bertz CT molecular complexity index is 159. The molecule has 0 aromatic rings. The molecule has 0 saturated heterocycles. The normalized spacial score (nSPS) is 11.5. The van der Waals surface area contributed by atoms with Gasteiger partial charge in [-0.2, -0.15) is 0 Å². The van der Waals surface area contributed by atoms with Gasteiger partial charge in [-0.25, -0.2) is 0 Å². The number of nitrogens with zero attached hydrogens (tertiary/aromatic N) is 1. The molecule has 0 aliphatic rings. The van der Waals surface area contributed by atoms with E-state index in [4.69, 9.17) is 0 Å². The third kappa shape index (κ3) is 3.81. The van der Waals surface area contributed by atoms with Gasteiger partial charge in [-0.3, -0.25) is 4.79 Å². The van der Waals surface area contributed by atoms with Gasteiger partial charge in [-0.05, 0) is 6.42 Å². The Labute approximate surface area is 68.9 Å². The summed E-state index contributed by atoms with van der Waals surface area (Å²) in [5.74, 6) is 0.204. The quantitative estimate of drug-likeness (QED) is 0.577. The molecule has 0 aliphatic heterocycles. The summed E-state index contributed by atoms with van der Waals surface area (Å²) >= 11 is 0. The molecule has 0 heterocycles. The van der Waals surface area contributed by atoms with E-state index >= 15 is 0 Å². The molecule has 0 unspecified atom stereocenters. The van der Waals surface area contributed by atoms with Crippen molar-refractivity contribution in [1.29, 1.82) is 0 Å². The van der Waals surface area contributed by atoms with E-state index < -0.39 is 0 Å². The summed E-state index contributed by atoms with van der Waals surface area (Å²) in [7, 11) is 3.91. The first-order valence-corrected chi connectivity index (χ1v) is 4.02. The van der Waals surface area contributed by atoms with E-state index in [9.17, 15) is 4.79 Å². The van der Waals surface area contributed by atoms with Gasteiger partial charge in [0.15, 0.2) is 5.78 Å². The number of ketones is 1. The Morgan fingerprint density at radius 1 is 1.27 bits per heavy atom. The van der Waals surface area contributed by atoms with Gasteiger partial charge in [0.2, 0.25) is 0 Å². The minimum Gasteiger partial charge on any atom is -0.381 e. The summed E-state index contributed by atoms with van der Waals surface area (Å²) in [6.07, 6.45) is 3.23. The van der Waals surface area contributed by atoms with Crippen LogP contribution in [-0.4, -0.2) is 24.8 Å². The van der Waals surface area contributed by atoms with Crippen molar-refractivity contribution in [2.45, 2.75) is 26.7 Å². The zero-order chi connectivity index (χ0) is 8.85. The van der Waals surface area contributed by atoms with E-state index in [1.165, 1.54) is 0 Å². The maximum absolute atomic E-state index is 11.0. The molecule has 0 atom stereocenters. The molecule has 0 amide bonds. The molecule has 0 rings (SSSR count). The van der Waals surface area contributed by atoms with Crippen LogP contribution in [0.15, 0.2) is 11.8 Å². The van der Waals surface area contributed by atoms with Crippen LogP contribution in [0.5, 0.6) is 0 Å². The highest BCUT2D eigenvalue weighted by Gasteiger charge is 1.99. The summed E-state index contributed by atoms with van der Waals surface area (Å²) in [4.78, 5) is 13.0. The van der Waals surface area contributed by atoms with E-state index in [-0.39, 0.29) is 5.78 Å². The van der Waals surface area contributed by atoms with E-state index in [0.29, 0.717) is 6.42 Å². The maximum Gasteiger partial charge on any atom is 0.157 e. The fourth-order valence-electron chi connectivity index (χ4n) is 0.835. The van der Waals surface area contributed by atoms with Crippen molar-refractivity contribution in [2.75, 3.05) is 14.1 Å². The van der Waals surface area contributed by atoms with Crippen LogP contribution in [0.25, 0.3) is 0 Å². The predicted molar refractivity (Wildman–Crippen MR) is 47.4 cm³/mol. The van der Waals surface area contributed by atoms with Gasteiger partial charge in [0.1, 0.15) is 0 Å². The van der Waals surface area contributed by atoms with Gasteiger partial charge >= 0.3 is 0 Å². The van der Waals surface area contributed by atoms with Gasteiger partial charge in [-0.1, -0.05) is 13.8 Å². The average molecular weight is 155 g/mol. The minimum atomic E-state index is 0.204.